The van der Waals surface area contributed by atoms with E-state index in [1.807, 2.05) is 18.0 Å². The summed E-state index contributed by atoms with van der Waals surface area (Å²) in [4.78, 5) is 18.5. The third kappa shape index (κ3) is 5.22. The topological polar surface area (TPSA) is 57.9 Å². The number of hydrogen-bond acceptors (Lipinski definition) is 4. The summed E-state index contributed by atoms with van der Waals surface area (Å²) in [6.45, 7) is 3.68. The Kier molecular flexibility index (Phi) is 8.02. The molecule has 1 amide bonds. The van der Waals surface area contributed by atoms with Gasteiger partial charge < -0.3 is 24.2 Å². The Morgan fingerprint density at radius 2 is 1.88 bits per heavy atom. The standard InChI is InChI=1S/C34H45N3O3/c1-35-17-9-10-23(20-35)21-36(2)33(38)27-18-25-13-7-8-14-28(25)32-31(24-11-5-4-6-12-24)29-16-15-26(34(39)40-3)19-30(29)37(32)22-27/h7-8,13-16,19,23-24,27,34,39H,4-6,9-12,17-18,20-22H2,1-3H3. The summed E-state index contributed by atoms with van der Waals surface area (Å²) in [5.74, 6) is 1.14. The zero-order valence-electron chi connectivity index (χ0n) is 24.4. The number of likely N-dealkylation sites (tertiary alicyclic amines) is 1. The lowest BCUT2D eigenvalue weighted by molar-refractivity contribution is -0.135. The van der Waals surface area contributed by atoms with Crippen molar-refractivity contribution in [3.8, 4) is 11.3 Å². The van der Waals surface area contributed by atoms with Gasteiger partial charge in [0.05, 0.1) is 11.6 Å². The molecule has 2 aliphatic heterocycles. The number of piperidine rings is 1. The van der Waals surface area contributed by atoms with Crippen LogP contribution in [0.3, 0.4) is 0 Å². The monoisotopic (exact) mass is 543 g/mol. The van der Waals surface area contributed by atoms with Gasteiger partial charge in [-0.1, -0.05) is 55.7 Å². The maximum absolute atomic E-state index is 14.1. The molecule has 1 saturated carbocycles. The SMILES string of the molecule is COC(O)c1ccc2c(C3CCCCC3)c3n(c2c1)CC(C(=O)N(C)CC1CCCN(C)C1)Cc1ccccc1-3. The number of carbonyl (C=O) groups is 1. The van der Waals surface area contributed by atoms with Crippen LogP contribution in [-0.2, 0) is 22.5 Å². The first kappa shape index (κ1) is 27.5. The lowest BCUT2D eigenvalue weighted by atomic mass is 9.81. The van der Waals surface area contributed by atoms with Gasteiger partial charge in [-0.3, -0.25) is 4.79 Å². The maximum Gasteiger partial charge on any atom is 0.227 e. The molecule has 1 aliphatic carbocycles. The number of methoxy groups -OCH3 is 1. The van der Waals surface area contributed by atoms with Crippen LogP contribution in [0.15, 0.2) is 42.5 Å². The molecule has 3 atom stereocenters. The second-order valence-electron chi connectivity index (χ2n) is 12.6. The molecule has 0 radical (unpaired) electrons. The van der Waals surface area contributed by atoms with Crippen LogP contribution >= 0.6 is 0 Å². The van der Waals surface area contributed by atoms with Crippen LogP contribution in [0.4, 0.5) is 0 Å². The van der Waals surface area contributed by atoms with Gasteiger partial charge in [-0.2, -0.15) is 0 Å². The van der Waals surface area contributed by atoms with E-state index in [4.69, 9.17) is 4.74 Å². The number of ether oxygens (including phenoxy) is 1. The van der Waals surface area contributed by atoms with E-state index in [9.17, 15) is 9.90 Å². The molecule has 40 heavy (non-hydrogen) atoms. The zero-order valence-corrected chi connectivity index (χ0v) is 24.4. The average molecular weight is 544 g/mol. The highest BCUT2D eigenvalue weighted by Crippen LogP contribution is 2.47. The van der Waals surface area contributed by atoms with Gasteiger partial charge in [0.15, 0.2) is 6.29 Å². The predicted molar refractivity (Wildman–Crippen MR) is 160 cm³/mol. The Hall–Kier alpha value is -2.67. The Bertz CT molecular complexity index is 1360. The van der Waals surface area contributed by atoms with E-state index in [0.29, 0.717) is 18.4 Å². The fourth-order valence-corrected chi connectivity index (χ4v) is 7.82. The highest BCUT2D eigenvalue weighted by molar-refractivity contribution is 5.94. The molecule has 3 aromatic rings. The largest absolute Gasteiger partial charge is 0.364 e. The van der Waals surface area contributed by atoms with Crippen LogP contribution in [0, 0.1) is 11.8 Å². The Labute approximate surface area is 238 Å². The van der Waals surface area contributed by atoms with Gasteiger partial charge in [0.2, 0.25) is 5.91 Å². The molecule has 214 valence electrons. The number of carbonyl (C=O) groups excluding carboxylic acids is 1. The molecule has 1 N–H and O–H groups in total. The summed E-state index contributed by atoms with van der Waals surface area (Å²) >= 11 is 0. The highest BCUT2D eigenvalue weighted by atomic mass is 16.6. The molecule has 6 rings (SSSR count). The van der Waals surface area contributed by atoms with Crippen LogP contribution < -0.4 is 0 Å². The molecule has 3 heterocycles. The van der Waals surface area contributed by atoms with Gasteiger partial charge in [0.1, 0.15) is 0 Å². The second kappa shape index (κ2) is 11.7. The van der Waals surface area contributed by atoms with E-state index in [1.54, 1.807) is 0 Å². The lowest BCUT2D eigenvalue weighted by Gasteiger charge is -2.33. The minimum absolute atomic E-state index is 0.139. The molecular weight excluding hydrogens is 498 g/mol. The minimum Gasteiger partial charge on any atom is -0.364 e. The van der Waals surface area contributed by atoms with E-state index in [1.165, 1.54) is 79.8 Å². The molecule has 6 heteroatoms. The molecule has 1 saturated heterocycles. The van der Waals surface area contributed by atoms with Crippen LogP contribution in [-0.4, -0.2) is 66.2 Å². The van der Waals surface area contributed by atoms with Crippen molar-refractivity contribution in [2.75, 3.05) is 40.8 Å². The first-order valence-electron chi connectivity index (χ1n) is 15.3. The zero-order chi connectivity index (χ0) is 27.8. The Morgan fingerprint density at radius 1 is 1.07 bits per heavy atom. The molecule has 0 bridgehead atoms. The highest BCUT2D eigenvalue weighted by Gasteiger charge is 2.34. The Balaban J connectivity index is 1.44. The third-order valence-electron chi connectivity index (χ3n) is 9.77. The van der Waals surface area contributed by atoms with Gasteiger partial charge in [-0.15, -0.1) is 0 Å². The van der Waals surface area contributed by atoms with Crippen molar-refractivity contribution in [3.63, 3.8) is 0 Å². The van der Waals surface area contributed by atoms with Gasteiger partial charge >= 0.3 is 0 Å². The summed E-state index contributed by atoms with van der Waals surface area (Å²) in [7, 11) is 5.72. The van der Waals surface area contributed by atoms with E-state index >= 15 is 0 Å². The van der Waals surface area contributed by atoms with E-state index in [-0.39, 0.29) is 11.8 Å². The van der Waals surface area contributed by atoms with Crippen LogP contribution in [0.25, 0.3) is 22.2 Å². The molecule has 0 spiro atoms. The summed E-state index contributed by atoms with van der Waals surface area (Å²) < 4.78 is 7.70. The second-order valence-corrected chi connectivity index (χ2v) is 12.6. The van der Waals surface area contributed by atoms with E-state index in [2.05, 4.69) is 52.9 Å². The van der Waals surface area contributed by atoms with Crippen LogP contribution in [0.2, 0.25) is 0 Å². The van der Waals surface area contributed by atoms with Crippen LogP contribution in [0.5, 0.6) is 0 Å². The van der Waals surface area contributed by atoms with Crippen molar-refractivity contribution >= 4 is 16.8 Å². The van der Waals surface area contributed by atoms with Crippen molar-refractivity contribution in [2.45, 2.75) is 70.1 Å². The summed E-state index contributed by atoms with van der Waals surface area (Å²) in [6, 6.07) is 15.0. The number of amides is 1. The predicted octanol–water partition coefficient (Wildman–Crippen LogP) is 5.97. The van der Waals surface area contributed by atoms with Crippen molar-refractivity contribution in [2.24, 2.45) is 11.8 Å². The fraction of sp³-hybridized carbons (Fsp3) is 0.559. The van der Waals surface area contributed by atoms with Gasteiger partial charge in [-0.05, 0) is 74.7 Å². The number of aromatic nitrogens is 1. The van der Waals surface area contributed by atoms with Gasteiger partial charge in [0.25, 0.3) is 0 Å². The smallest absolute Gasteiger partial charge is 0.227 e. The minimum atomic E-state index is -0.969. The van der Waals surface area contributed by atoms with Crippen LogP contribution in [0.1, 0.15) is 73.8 Å². The van der Waals surface area contributed by atoms with Crippen molar-refractivity contribution in [1.29, 1.82) is 0 Å². The molecule has 3 aliphatic rings. The van der Waals surface area contributed by atoms with Gasteiger partial charge in [-0.25, -0.2) is 0 Å². The number of benzene rings is 2. The third-order valence-corrected chi connectivity index (χ3v) is 9.77. The van der Waals surface area contributed by atoms with Crippen molar-refractivity contribution < 1.29 is 14.6 Å². The number of nitrogens with zero attached hydrogens (tertiary/aromatic N) is 3. The molecule has 2 aromatic carbocycles. The summed E-state index contributed by atoms with van der Waals surface area (Å²) in [6.07, 6.45) is 8.43. The number of aliphatic hydroxyl groups excluding tert-OH is 1. The quantitative estimate of drug-likeness (QED) is 0.390. The van der Waals surface area contributed by atoms with Gasteiger partial charge in [0, 0.05) is 55.8 Å². The lowest BCUT2D eigenvalue weighted by Crippen LogP contribution is -2.42. The molecule has 3 unspecified atom stereocenters. The molecule has 2 fully saturated rings. The first-order valence-corrected chi connectivity index (χ1v) is 15.3. The number of hydrogen-bond donors (Lipinski definition) is 1. The number of rotatable bonds is 6. The summed E-state index contributed by atoms with van der Waals surface area (Å²) in [5.41, 5.74) is 7.11. The summed E-state index contributed by atoms with van der Waals surface area (Å²) in [5, 5.41) is 11.8. The Morgan fingerprint density at radius 3 is 2.65 bits per heavy atom. The fourth-order valence-electron chi connectivity index (χ4n) is 7.82. The van der Waals surface area contributed by atoms with Crippen molar-refractivity contribution in [3.05, 3.63) is 59.2 Å². The molecule has 1 aromatic heterocycles. The average Bonchev–Trinajstić information content (AvgIpc) is 3.19. The molecular formula is C34H45N3O3. The number of fused-ring (bicyclic) bond motifs is 5. The first-order chi connectivity index (χ1) is 19.4. The normalized spacial score (nSPS) is 22.9. The number of aliphatic hydroxyl groups is 1. The molecule has 6 nitrogen and oxygen atoms in total. The maximum atomic E-state index is 14.1. The van der Waals surface area contributed by atoms with E-state index in [0.717, 1.165) is 37.1 Å². The van der Waals surface area contributed by atoms with Crippen molar-refractivity contribution in [1.82, 2.24) is 14.4 Å². The van der Waals surface area contributed by atoms with E-state index < -0.39 is 6.29 Å².